The minimum atomic E-state index is -1.09. The van der Waals surface area contributed by atoms with Crippen molar-refractivity contribution in [1.82, 2.24) is 10.6 Å². The molecule has 0 spiro atoms. The Balaban J connectivity index is 2.37. The van der Waals surface area contributed by atoms with Crippen molar-refractivity contribution in [2.24, 2.45) is 5.92 Å². The summed E-state index contributed by atoms with van der Waals surface area (Å²) >= 11 is 0. The zero-order chi connectivity index (χ0) is 15.8. The van der Waals surface area contributed by atoms with E-state index >= 15 is 0 Å². The first-order chi connectivity index (χ1) is 9.90. The molecular weight excluding hydrogens is 275 g/mol. The molecule has 0 unspecified atom stereocenters. The third-order valence-electron chi connectivity index (χ3n) is 2.84. The molecule has 0 aliphatic rings. The van der Waals surface area contributed by atoms with E-state index in [1.165, 1.54) is 12.1 Å². The third-order valence-corrected chi connectivity index (χ3v) is 2.84. The number of carboxylic acids is 1. The molecule has 3 N–H and O–H groups in total. The summed E-state index contributed by atoms with van der Waals surface area (Å²) in [5.74, 6) is -1.22. The van der Waals surface area contributed by atoms with Gasteiger partial charge in [0.2, 0.25) is 5.91 Å². The highest BCUT2D eigenvalue weighted by atomic mass is 19.1. The predicted molar refractivity (Wildman–Crippen MR) is 77.5 cm³/mol. The summed E-state index contributed by atoms with van der Waals surface area (Å²) in [6.07, 6.45) is 0.299. The number of carboxylic acid groups (broad SMARTS) is 1. The summed E-state index contributed by atoms with van der Waals surface area (Å²) in [5, 5.41) is 14.6. The maximum atomic E-state index is 13.5. The van der Waals surface area contributed by atoms with Crippen LogP contribution in [0.4, 0.5) is 4.39 Å². The van der Waals surface area contributed by atoms with Gasteiger partial charge in [0.15, 0.2) is 0 Å². The van der Waals surface area contributed by atoms with E-state index in [9.17, 15) is 14.0 Å². The normalized spacial score (nSPS) is 10.7. The number of benzene rings is 1. The van der Waals surface area contributed by atoms with Crippen molar-refractivity contribution in [3.8, 4) is 0 Å². The van der Waals surface area contributed by atoms with Gasteiger partial charge in [-0.1, -0.05) is 13.8 Å². The first-order valence-corrected chi connectivity index (χ1v) is 6.89. The summed E-state index contributed by atoms with van der Waals surface area (Å²) in [6, 6.07) is 3.65. The average molecular weight is 296 g/mol. The monoisotopic (exact) mass is 296 g/mol. The van der Waals surface area contributed by atoms with Gasteiger partial charge in [0.05, 0.1) is 5.56 Å². The summed E-state index contributed by atoms with van der Waals surface area (Å²) in [6.45, 7) is 5.24. The molecule has 5 nitrogen and oxygen atoms in total. The number of nitrogens with one attached hydrogen (secondary N) is 2. The van der Waals surface area contributed by atoms with Crippen molar-refractivity contribution in [3.63, 3.8) is 0 Å². The molecule has 0 aliphatic heterocycles. The molecule has 0 aliphatic carbocycles. The van der Waals surface area contributed by atoms with Gasteiger partial charge in [-0.15, -0.1) is 0 Å². The molecule has 21 heavy (non-hydrogen) atoms. The lowest BCUT2D eigenvalue weighted by Gasteiger charge is -2.09. The van der Waals surface area contributed by atoms with Gasteiger partial charge in [-0.2, -0.15) is 0 Å². The van der Waals surface area contributed by atoms with Crippen LogP contribution in [-0.2, 0) is 11.3 Å². The molecule has 1 rings (SSSR count). The summed E-state index contributed by atoms with van der Waals surface area (Å²) in [4.78, 5) is 22.3. The van der Waals surface area contributed by atoms with Gasteiger partial charge in [0, 0.05) is 31.6 Å². The van der Waals surface area contributed by atoms with E-state index < -0.39 is 11.8 Å². The number of rotatable bonds is 8. The zero-order valence-corrected chi connectivity index (χ0v) is 12.3. The fourth-order valence-electron chi connectivity index (χ4n) is 1.67. The van der Waals surface area contributed by atoms with Crippen LogP contribution < -0.4 is 10.6 Å². The smallest absolute Gasteiger partial charge is 0.335 e. The Morgan fingerprint density at radius 2 is 2.05 bits per heavy atom. The number of carbonyl (C=O) groups excluding carboxylic acids is 1. The summed E-state index contributed by atoms with van der Waals surface area (Å²) in [7, 11) is 0. The van der Waals surface area contributed by atoms with Gasteiger partial charge in [-0.25, -0.2) is 9.18 Å². The molecule has 0 bridgehead atoms. The Bertz CT molecular complexity index is 504. The Morgan fingerprint density at radius 3 is 2.67 bits per heavy atom. The predicted octanol–water partition coefficient (Wildman–Crippen LogP) is 1.78. The summed E-state index contributed by atoms with van der Waals surface area (Å²) in [5.41, 5.74) is 0.320. The highest BCUT2D eigenvalue weighted by molar-refractivity contribution is 5.87. The molecule has 1 aromatic carbocycles. The van der Waals surface area contributed by atoms with E-state index in [1.807, 2.05) is 13.8 Å². The molecule has 0 heterocycles. The van der Waals surface area contributed by atoms with E-state index in [4.69, 9.17) is 5.11 Å². The minimum Gasteiger partial charge on any atom is -0.478 e. The molecule has 0 aromatic heterocycles. The van der Waals surface area contributed by atoms with E-state index in [-0.39, 0.29) is 23.6 Å². The Labute approximate surface area is 123 Å². The zero-order valence-electron chi connectivity index (χ0n) is 12.3. The van der Waals surface area contributed by atoms with Gasteiger partial charge in [0.1, 0.15) is 5.82 Å². The second-order valence-corrected chi connectivity index (χ2v) is 5.24. The second-order valence-electron chi connectivity index (χ2n) is 5.24. The van der Waals surface area contributed by atoms with Crippen LogP contribution in [0.3, 0.4) is 0 Å². The van der Waals surface area contributed by atoms with Crippen LogP contribution in [0.1, 0.15) is 36.2 Å². The second kappa shape index (κ2) is 8.36. The third kappa shape index (κ3) is 6.35. The fraction of sp³-hybridized carbons (Fsp3) is 0.467. The number of amides is 1. The van der Waals surface area contributed by atoms with Crippen LogP contribution in [0.25, 0.3) is 0 Å². The Morgan fingerprint density at radius 1 is 1.33 bits per heavy atom. The van der Waals surface area contributed by atoms with E-state index in [0.29, 0.717) is 25.4 Å². The number of halogens is 1. The molecule has 1 aromatic rings. The SMILES string of the molecule is CC(C)CNC(=O)CCNCc1cc(C(=O)O)ccc1F. The van der Waals surface area contributed by atoms with Crippen LogP contribution in [0, 0.1) is 11.7 Å². The largest absolute Gasteiger partial charge is 0.478 e. The molecule has 0 saturated heterocycles. The van der Waals surface area contributed by atoms with Gasteiger partial charge < -0.3 is 15.7 Å². The molecule has 6 heteroatoms. The van der Waals surface area contributed by atoms with E-state index in [1.54, 1.807) is 0 Å². The van der Waals surface area contributed by atoms with Gasteiger partial charge in [0.25, 0.3) is 0 Å². The first kappa shape index (κ1) is 17.1. The lowest BCUT2D eigenvalue weighted by molar-refractivity contribution is -0.121. The average Bonchev–Trinajstić information content (AvgIpc) is 2.42. The number of carbonyl (C=O) groups is 2. The molecule has 0 fully saturated rings. The Kier molecular flexibility index (Phi) is 6.81. The van der Waals surface area contributed by atoms with Gasteiger partial charge in [-0.3, -0.25) is 4.79 Å². The molecule has 116 valence electrons. The summed E-state index contributed by atoms with van der Waals surface area (Å²) < 4.78 is 13.5. The van der Waals surface area contributed by atoms with Crippen LogP contribution in [0.5, 0.6) is 0 Å². The Hall–Kier alpha value is -1.95. The first-order valence-electron chi connectivity index (χ1n) is 6.89. The quantitative estimate of drug-likeness (QED) is 0.639. The van der Waals surface area contributed by atoms with E-state index in [2.05, 4.69) is 10.6 Å². The molecule has 0 atom stereocenters. The maximum absolute atomic E-state index is 13.5. The van der Waals surface area contributed by atoms with Gasteiger partial charge in [-0.05, 0) is 24.1 Å². The number of hydrogen-bond donors (Lipinski definition) is 3. The van der Waals surface area contributed by atoms with Crippen molar-refractivity contribution >= 4 is 11.9 Å². The molecule has 0 radical (unpaired) electrons. The van der Waals surface area contributed by atoms with Crippen molar-refractivity contribution in [2.75, 3.05) is 13.1 Å². The van der Waals surface area contributed by atoms with Crippen molar-refractivity contribution in [3.05, 3.63) is 35.1 Å². The lowest BCUT2D eigenvalue weighted by Crippen LogP contribution is -2.30. The van der Waals surface area contributed by atoms with Crippen molar-refractivity contribution in [2.45, 2.75) is 26.8 Å². The van der Waals surface area contributed by atoms with Crippen LogP contribution in [-0.4, -0.2) is 30.1 Å². The van der Waals surface area contributed by atoms with Crippen LogP contribution in [0.15, 0.2) is 18.2 Å². The highest BCUT2D eigenvalue weighted by Gasteiger charge is 2.08. The molecule has 1 amide bonds. The van der Waals surface area contributed by atoms with Gasteiger partial charge >= 0.3 is 5.97 Å². The highest BCUT2D eigenvalue weighted by Crippen LogP contribution is 2.10. The topological polar surface area (TPSA) is 78.4 Å². The molecular formula is C15H21FN2O3. The number of aromatic carboxylic acids is 1. The van der Waals surface area contributed by atoms with Crippen molar-refractivity contribution < 1.29 is 19.1 Å². The molecule has 0 saturated carbocycles. The minimum absolute atomic E-state index is 0.0443. The number of hydrogen-bond acceptors (Lipinski definition) is 3. The van der Waals surface area contributed by atoms with E-state index in [0.717, 1.165) is 6.07 Å². The van der Waals surface area contributed by atoms with Crippen LogP contribution >= 0.6 is 0 Å². The maximum Gasteiger partial charge on any atom is 0.335 e. The standard InChI is InChI=1S/C15H21FN2O3/c1-10(2)8-18-14(19)5-6-17-9-12-7-11(15(20)21)3-4-13(12)16/h3-4,7,10,17H,5-6,8-9H2,1-2H3,(H,18,19)(H,20,21). The van der Waals surface area contributed by atoms with Crippen LogP contribution in [0.2, 0.25) is 0 Å². The van der Waals surface area contributed by atoms with Crippen molar-refractivity contribution in [1.29, 1.82) is 0 Å². The fourth-order valence-corrected chi connectivity index (χ4v) is 1.67. The lowest BCUT2D eigenvalue weighted by atomic mass is 10.1.